The van der Waals surface area contributed by atoms with Crippen LogP contribution < -0.4 is 15.2 Å². The zero-order valence-corrected chi connectivity index (χ0v) is 18.8. The summed E-state index contributed by atoms with van der Waals surface area (Å²) in [6.07, 6.45) is 1.72. The van der Waals surface area contributed by atoms with E-state index in [0.717, 1.165) is 5.56 Å². The van der Waals surface area contributed by atoms with Gasteiger partial charge in [-0.15, -0.1) is 0 Å². The number of Topliss-reactive ketones (excluding diaryl/α,β-unsaturated/α-hetero) is 1. The fraction of sp³-hybridized carbons (Fsp3) is 0.250. The van der Waals surface area contributed by atoms with E-state index in [9.17, 15) is 10.1 Å². The largest absolute Gasteiger partial charge is 0.493 e. The molecule has 1 aliphatic carbocycles. The Morgan fingerprint density at radius 2 is 2.00 bits per heavy atom. The molecule has 0 saturated heterocycles. The minimum Gasteiger partial charge on any atom is -0.493 e. The van der Waals surface area contributed by atoms with Crippen molar-refractivity contribution in [3.8, 4) is 17.6 Å². The number of halogens is 2. The molecule has 1 atom stereocenters. The van der Waals surface area contributed by atoms with Gasteiger partial charge in [-0.3, -0.25) is 4.79 Å². The van der Waals surface area contributed by atoms with Crippen LogP contribution in [0.2, 0.25) is 10.0 Å². The lowest BCUT2D eigenvalue weighted by molar-refractivity contribution is -0.116. The molecule has 0 aromatic heterocycles. The summed E-state index contributed by atoms with van der Waals surface area (Å²) < 4.78 is 17.1. The fourth-order valence-electron chi connectivity index (χ4n) is 3.97. The second-order valence-electron chi connectivity index (χ2n) is 7.47. The molecule has 6 nitrogen and oxygen atoms in total. The van der Waals surface area contributed by atoms with Crippen molar-refractivity contribution in [1.82, 2.24) is 0 Å². The minimum absolute atomic E-state index is 0.0302. The van der Waals surface area contributed by atoms with Crippen LogP contribution in [0.25, 0.3) is 0 Å². The van der Waals surface area contributed by atoms with Crippen LogP contribution in [0.1, 0.15) is 36.3 Å². The average Bonchev–Trinajstić information content (AvgIpc) is 2.77. The quantitative estimate of drug-likeness (QED) is 0.628. The standard InChI is InChI=1S/C24H20Cl2N2O4/c1-30-21-9-13(6-8-19(21)31-12-14-5-7-15(25)10-17(14)26)22-16(11-27)24(28)32-20-4-2-3-18(29)23(20)22/h5-10,22H,2-4,12,28H2,1H3/t22-/m1/s1. The van der Waals surface area contributed by atoms with E-state index in [1.54, 1.807) is 36.4 Å². The highest BCUT2D eigenvalue weighted by Gasteiger charge is 2.38. The van der Waals surface area contributed by atoms with Gasteiger partial charge in [-0.25, -0.2) is 0 Å². The first-order valence-corrected chi connectivity index (χ1v) is 10.8. The number of nitrogens with zero attached hydrogens (tertiary/aromatic N) is 1. The maximum Gasteiger partial charge on any atom is 0.205 e. The van der Waals surface area contributed by atoms with E-state index in [0.29, 0.717) is 57.7 Å². The van der Waals surface area contributed by atoms with Crippen molar-refractivity contribution in [3.05, 3.63) is 80.4 Å². The number of ketones is 1. The van der Waals surface area contributed by atoms with Gasteiger partial charge in [-0.2, -0.15) is 5.26 Å². The average molecular weight is 471 g/mol. The second-order valence-corrected chi connectivity index (χ2v) is 8.32. The van der Waals surface area contributed by atoms with Gasteiger partial charge in [-0.1, -0.05) is 35.3 Å². The normalized spacial score (nSPS) is 18.1. The molecule has 0 fully saturated rings. The number of methoxy groups -OCH3 is 1. The Morgan fingerprint density at radius 3 is 2.72 bits per heavy atom. The number of benzene rings is 2. The van der Waals surface area contributed by atoms with Gasteiger partial charge >= 0.3 is 0 Å². The maximum absolute atomic E-state index is 12.7. The first-order chi connectivity index (χ1) is 15.4. The van der Waals surface area contributed by atoms with Crippen molar-refractivity contribution < 1.29 is 19.0 Å². The predicted molar refractivity (Wildman–Crippen MR) is 120 cm³/mol. The molecule has 164 valence electrons. The smallest absolute Gasteiger partial charge is 0.205 e. The number of hydrogen-bond acceptors (Lipinski definition) is 6. The maximum atomic E-state index is 12.7. The number of nitrogens with two attached hydrogens (primary N) is 1. The van der Waals surface area contributed by atoms with Gasteiger partial charge in [0, 0.05) is 34.0 Å². The van der Waals surface area contributed by atoms with E-state index in [2.05, 4.69) is 6.07 Å². The monoisotopic (exact) mass is 470 g/mol. The molecule has 0 saturated carbocycles. The third-order valence-corrected chi connectivity index (χ3v) is 6.11. The van der Waals surface area contributed by atoms with E-state index in [1.165, 1.54) is 7.11 Å². The van der Waals surface area contributed by atoms with E-state index >= 15 is 0 Å². The molecular formula is C24H20Cl2N2O4. The predicted octanol–water partition coefficient (Wildman–Crippen LogP) is 5.40. The molecule has 32 heavy (non-hydrogen) atoms. The number of ether oxygens (including phenoxy) is 3. The van der Waals surface area contributed by atoms with Gasteiger partial charge in [0.2, 0.25) is 5.88 Å². The van der Waals surface area contributed by atoms with E-state index in [4.69, 9.17) is 43.1 Å². The highest BCUT2D eigenvalue weighted by molar-refractivity contribution is 6.35. The van der Waals surface area contributed by atoms with Gasteiger partial charge in [0.15, 0.2) is 17.3 Å². The molecule has 0 radical (unpaired) electrons. The van der Waals surface area contributed by atoms with Crippen molar-refractivity contribution in [2.75, 3.05) is 7.11 Å². The summed E-state index contributed by atoms with van der Waals surface area (Å²) in [5.41, 5.74) is 8.19. The first-order valence-electron chi connectivity index (χ1n) is 10.0. The van der Waals surface area contributed by atoms with Crippen LogP contribution >= 0.6 is 23.2 Å². The summed E-state index contributed by atoms with van der Waals surface area (Å²) in [4.78, 5) is 12.7. The van der Waals surface area contributed by atoms with Crippen molar-refractivity contribution in [2.45, 2.75) is 31.8 Å². The Labute approximate surface area is 195 Å². The topological polar surface area (TPSA) is 94.6 Å². The van der Waals surface area contributed by atoms with Crippen molar-refractivity contribution in [3.63, 3.8) is 0 Å². The zero-order chi connectivity index (χ0) is 22.8. The summed E-state index contributed by atoms with van der Waals surface area (Å²) >= 11 is 12.2. The van der Waals surface area contributed by atoms with E-state index in [-0.39, 0.29) is 23.8 Å². The van der Waals surface area contributed by atoms with Gasteiger partial charge in [0.1, 0.15) is 24.0 Å². The number of allylic oxidation sites excluding steroid dienone is 3. The highest BCUT2D eigenvalue weighted by Crippen LogP contribution is 2.45. The van der Waals surface area contributed by atoms with Gasteiger partial charge in [0.05, 0.1) is 13.0 Å². The summed E-state index contributed by atoms with van der Waals surface area (Å²) in [6.45, 7) is 0.215. The molecule has 0 bridgehead atoms. The van der Waals surface area contributed by atoms with Crippen LogP contribution in [0.4, 0.5) is 0 Å². The molecular weight excluding hydrogens is 451 g/mol. The van der Waals surface area contributed by atoms with Crippen LogP contribution in [0.5, 0.6) is 11.5 Å². The summed E-state index contributed by atoms with van der Waals surface area (Å²) in [5, 5.41) is 10.8. The number of hydrogen-bond donors (Lipinski definition) is 1. The Bertz CT molecular complexity index is 1200. The molecule has 0 amide bonds. The SMILES string of the molecule is COc1cc([C@@H]2C(C#N)=C(N)OC3=C2C(=O)CCC3)ccc1OCc1ccc(Cl)cc1Cl. The molecule has 2 aliphatic rings. The number of carbonyl (C=O) groups is 1. The molecule has 0 spiro atoms. The second kappa shape index (κ2) is 9.15. The number of rotatable bonds is 5. The lowest BCUT2D eigenvalue weighted by Gasteiger charge is -2.31. The molecule has 1 heterocycles. The summed E-state index contributed by atoms with van der Waals surface area (Å²) in [6, 6.07) is 12.6. The molecule has 2 N–H and O–H groups in total. The summed E-state index contributed by atoms with van der Waals surface area (Å²) in [5.74, 6) is 0.884. The van der Waals surface area contributed by atoms with Crippen LogP contribution in [0.15, 0.2) is 59.2 Å². The first kappa shape index (κ1) is 22.1. The Morgan fingerprint density at radius 1 is 1.19 bits per heavy atom. The minimum atomic E-state index is -0.606. The van der Waals surface area contributed by atoms with Gasteiger partial charge < -0.3 is 19.9 Å². The van der Waals surface area contributed by atoms with Crippen LogP contribution in [-0.2, 0) is 16.1 Å². The van der Waals surface area contributed by atoms with Gasteiger partial charge in [-0.05, 0) is 36.2 Å². The van der Waals surface area contributed by atoms with Crippen LogP contribution in [-0.4, -0.2) is 12.9 Å². The number of nitriles is 1. The van der Waals surface area contributed by atoms with Gasteiger partial charge in [0.25, 0.3) is 0 Å². The van der Waals surface area contributed by atoms with Crippen molar-refractivity contribution in [2.24, 2.45) is 5.73 Å². The molecule has 8 heteroatoms. The molecule has 2 aromatic carbocycles. The highest BCUT2D eigenvalue weighted by atomic mass is 35.5. The Balaban J connectivity index is 1.68. The molecule has 2 aromatic rings. The summed E-state index contributed by atoms with van der Waals surface area (Å²) in [7, 11) is 1.52. The molecule has 4 rings (SSSR count). The Kier molecular flexibility index (Phi) is 6.31. The lowest BCUT2D eigenvalue weighted by Crippen LogP contribution is -2.27. The molecule has 1 aliphatic heterocycles. The Hall–Kier alpha value is -3.14. The van der Waals surface area contributed by atoms with Crippen LogP contribution in [0, 0.1) is 11.3 Å². The van der Waals surface area contributed by atoms with Crippen molar-refractivity contribution >= 4 is 29.0 Å². The molecule has 0 unspecified atom stereocenters. The zero-order valence-electron chi connectivity index (χ0n) is 17.3. The number of carbonyl (C=O) groups excluding carboxylic acids is 1. The third kappa shape index (κ3) is 4.14. The lowest BCUT2D eigenvalue weighted by atomic mass is 9.77. The van der Waals surface area contributed by atoms with E-state index < -0.39 is 5.92 Å². The fourth-order valence-corrected chi connectivity index (χ4v) is 4.43. The third-order valence-electron chi connectivity index (χ3n) is 5.52. The van der Waals surface area contributed by atoms with E-state index in [1.807, 2.05) is 0 Å². The van der Waals surface area contributed by atoms with Crippen LogP contribution in [0.3, 0.4) is 0 Å². The van der Waals surface area contributed by atoms with Crippen molar-refractivity contribution in [1.29, 1.82) is 5.26 Å².